The molecule has 0 spiro atoms. The average molecular weight is 815 g/mol. The maximum absolute atomic E-state index is 12.6. The molecule has 0 amide bonds. The number of carbonyl (C=O) groups is 1. The first-order valence-corrected chi connectivity index (χ1v) is 25.0. The van der Waals surface area contributed by atoms with Crippen molar-refractivity contribution in [1.29, 1.82) is 0 Å². The van der Waals surface area contributed by atoms with Gasteiger partial charge in [0.2, 0.25) is 0 Å². The van der Waals surface area contributed by atoms with Gasteiger partial charge < -0.3 is 29.5 Å². The first kappa shape index (κ1) is 48.0. The zero-order valence-corrected chi connectivity index (χ0v) is 38.4. The lowest BCUT2D eigenvalue weighted by molar-refractivity contribution is -0.313. The number of carbonyl (C=O) groups excluding carboxylic acids is 1. The van der Waals surface area contributed by atoms with Crippen LogP contribution < -0.4 is 0 Å². The summed E-state index contributed by atoms with van der Waals surface area (Å²) in [5.41, 5.74) is 2.13. The molecule has 0 aromatic carbocycles. The Balaban J connectivity index is 1.04. The number of esters is 1. The quantitative estimate of drug-likeness (QED) is 0.0506. The Hall–Kier alpha value is -0.990. The molecule has 0 bridgehead atoms. The van der Waals surface area contributed by atoms with Crippen molar-refractivity contribution >= 4 is 5.97 Å². The molecule has 5 rings (SSSR count). The van der Waals surface area contributed by atoms with Crippen LogP contribution in [0.3, 0.4) is 0 Å². The second kappa shape index (κ2) is 22.9. The van der Waals surface area contributed by atoms with Crippen LogP contribution >= 0.6 is 0 Å². The fourth-order valence-electron chi connectivity index (χ4n) is 13.3. The Morgan fingerprint density at radius 1 is 0.793 bits per heavy atom. The highest BCUT2D eigenvalue weighted by molar-refractivity contribution is 5.69. The molecule has 1 aliphatic heterocycles. The Bertz CT molecular complexity index is 1250. The largest absolute Gasteiger partial charge is 0.463 e. The van der Waals surface area contributed by atoms with Gasteiger partial charge in [-0.3, -0.25) is 4.79 Å². The number of unbranched alkanes of at least 4 members (excludes halogenated alkanes) is 12. The molecule has 0 aromatic heterocycles. The van der Waals surface area contributed by atoms with E-state index in [1.807, 2.05) is 0 Å². The summed E-state index contributed by atoms with van der Waals surface area (Å²) >= 11 is 0. The molecule has 3 N–H and O–H groups in total. The van der Waals surface area contributed by atoms with Gasteiger partial charge in [0.1, 0.15) is 31.0 Å². The number of hydrogen-bond donors (Lipinski definition) is 3. The Labute approximate surface area is 355 Å². The fraction of sp³-hybridized carbons (Fsp3) is 0.941. The van der Waals surface area contributed by atoms with Gasteiger partial charge in [0, 0.05) is 6.42 Å². The number of fused-ring (bicyclic) bond motifs is 5. The second-order valence-corrected chi connectivity index (χ2v) is 21.1. The van der Waals surface area contributed by atoms with Crippen molar-refractivity contribution in [1.82, 2.24) is 0 Å². The van der Waals surface area contributed by atoms with E-state index in [-0.39, 0.29) is 24.1 Å². The first-order valence-electron chi connectivity index (χ1n) is 25.0. The van der Waals surface area contributed by atoms with Crippen molar-refractivity contribution < 1.29 is 34.3 Å². The van der Waals surface area contributed by atoms with Crippen LogP contribution in [0.15, 0.2) is 11.6 Å². The molecule has 7 nitrogen and oxygen atoms in total. The van der Waals surface area contributed by atoms with Crippen molar-refractivity contribution in [3.8, 4) is 0 Å². The first-order chi connectivity index (χ1) is 27.8. The summed E-state index contributed by atoms with van der Waals surface area (Å²) in [5, 5.41) is 32.5. The highest BCUT2D eigenvalue weighted by Crippen LogP contribution is 2.67. The van der Waals surface area contributed by atoms with Gasteiger partial charge in [0.05, 0.1) is 6.10 Å². The molecule has 5 aliphatic rings. The summed E-state index contributed by atoms with van der Waals surface area (Å²) in [7, 11) is 0. The van der Waals surface area contributed by atoms with Crippen molar-refractivity contribution in [3.63, 3.8) is 0 Å². The molecule has 3 saturated carbocycles. The third-order valence-corrected chi connectivity index (χ3v) is 17.2. The van der Waals surface area contributed by atoms with Crippen molar-refractivity contribution in [2.75, 3.05) is 6.61 Å². The van der Waals surface area contributed by atoms with Gasteiger partial charge in [-0.2, -0.15) is 0 Å². The molecule has 1 heterocycles. The molecule has 58 heavy (non-hydrogen) atoms. The third-order valence-electron chi connectivity index (χ3n) is 17.2. The summed E-state index contributed by atoms with van der Waals surface area (Å²) in [6.07, 6.45) is 26.1. The van der Waals surface area contributed by atoms with E-state index in [4.69, 9.17) is 14.2 Å². The summed E-state index contributed by atoms with van der Waals surface area (Å²) < 4.78 is 18.0. The minimum Gasteiger partial charge on any atom is -0.463 e. The highest BCUT2D eigenvalue weighted by atomic mass is 16.7. The lowest BCUT2D eigenvalue weighted by atomic mass is 9.47. The number of aliphatic hydroxyl groups excluding tert-OH is 3. The van der Waals surface area contributed by atoms with E-state index in [2.05, 4.69) is 54.5 Å². The molecule has 0 aromatic rings. The minimum atomic E-state index is -1.44. The van der Waals surface area contributed by atoms with Crippen LogP contribution in [-0.2, 0) is 19.0 Å². The highest BCUT2D eigenvalue weighted by Gasteiger charge is 2.59. The number of allylic oxidation sites excluding steroid dienone is 1. The molecule has 0 unspecified atom stereocenters. The molecule has 1 saturated heterocycles. The number of hydrogen-bond acceptors (Lipinski definition) is 7. The summed E-state index contributed by atoms with van der Waals surface area (Å²) in [4.78, 5) is 12.6. The minimum absolute atomic E-state index is 0.139. The predicted octanol–water partition coefficient (Wildman–Crippen LogP) is 11.9. The summed E-state index contributed by atoms with van der Waals surface area (Å²) in [6, 6.07) is 0. The normalized spacial score (nSPS) is 37.1. The van der Waals surface area contributed by atoms with E-state index in [0.717, 1.165) is 80.5 Å². The van der Waals surface area contributed by atoms with Gasteiger partial charge in [0.15, 0.2) is 6.29 Å². The van der Waals surface area contributed by atoms with Crippen LogP contribution in [-0.4, -0.2) is 64.7 Å². The zero-order chi connectivity index (χ0) is 41.9. The van der Waals surface area contributed by atoms with Gasteiger partial charge in [-0.25, -0.2) is 0 Å². The fourth-order valence-corrected chi connectivity index (χ4v) is 13.3. The van der Waals surface area contributed by atoms with Gasteiger partial charge in [-0.05, 0) is 116 Å². The monoisotopic (exact) mass is 815 g/mol. The Morgan fingerprint density at radius 2 is 1.45 bits per heavy atom. The van der Waals surface area contributed by atoms with Gasteiger partial charge in [-0.15, -0.1) is 0 Å². The van der Waals surface area contributed by atoms with E-state index < -0.39 is 30.7 Å². The topological polar surface area (TPSA) is 105 Å². The van der Waals surface area contributed by atoms with Gasteiger partial charge >= 0.3 is 5.97 Å². The van der Waals surface area contributed by atoms with E-state index in [0.29, 0.717) is 17.8 Å². The van der Waals surface area contributed by atoms with Crippen LogP contribution in [0.5, 0.6) is 0 Å². The van der Waals surface area contributed by atoms with E-state index >= 15 is 0 Å². The van der Waals surface area contributed by atoms with Crippen LogP contribution in [0.4, 0.5) is 0 Å². The number of rotatable bonds is 24. The molecule has 4 fully saturated rings. The lowest BCUT2D eigenvalue weighted by Crippen LogP contribution is -2.60. The number of aliphatic hydroxyl groups is 3. The van der Waals surface area contributed by atoms with Crippen LogP contribution in [0.1, 0.15) is 209 Å². The van der Waals surface area contributed by atoms with Gasteiger partial charge in [-0.1, -0.05) is 150 Å². The zero-order valence-electron chi connectivity index (χ0n) is 38.4. The van der Waals surface area contributed by atoms with Crippen LogP contribution in [0.25, 0.3) is 0 Å². The van der Waals surface area contributed by atoms with Crippen molar-refractivity contribution in [3.05, 3.63) is 11.6 Å². The van der Waals surface area contributed by atoms with Gasteiger partial charge in [0.25, 0.3) is 0 Å². The summed E-state index contributed by atoms with van der Waals surface area (Å²) in [6.45, 7) is 17.0. The Morgan fingerprint density at radius 3 is 2.09 bits per heavy atom. The maximum Gasteiger partial charge on any atom is 0.305 e. The standard InChI is InChI=1S/C51H90O7/c1-8-10-11-12-13-14-15-16-17-18-19-20-21-22-45(52)56-34-44-46(53)47(54)48(55)49(58-44)57-39-29-31-50(6)38(33-39)25-26-40-42-28-27-41(51(42,7)32-30-43(40)50)36(5)23-24-37(9-2)35(3)4/h25,35-37,39-44,46-49,53-55H,8-24,26-34H2,1-7H3/t36-,37-,39+,40-,41+,42-,43+,44+,46+,47-,48+,49+,50+,51-/m1/s1. The second-order valence-electron chi connectivity index (χ2n) is 21.1. The SMILES string of the molecule is CCCCCCCCCCCCCCCC(=O)OC[C@@H]1O[C@H](O[C@H]2CC[C@@]3(C)C(=CC[C@@H]4[C@H]5CC[C@@H]([C@H](C)CC[C@@H](CC)C(C)C)[C@@]5(C)CC[C@@H]43)C2)[C@@H](O)[C@H](O)[C@H]1O. The van der Waals surface area contributed by atoms with E-state index in [1.165, 1.54) is 115 Å². The Kier molecular flexibility index (Phi) is 19.0. The molecule has 4 aliphatic carbocycles. The van der Waals surface area contributed by atoms with E-state index in [9.17, 15) is 20.1 Å². The average Bonchev–Trinajstić information content (AvgIpc) is 3.56. The molecule has 14 atom stereocenters. The molecule has 0 radical (unpaired) electrons. The molecule has 7 heteroatoms. The third kappa shape index (κ3) is 11.9. The van der Waals surface area contributed by atoms with E-state index in [1.54, 1.807) is 0 Å². The maximum atomic E-state index is 12.6. The predicted molar refractivity (Wildman–Crippen MR) is 235 cm³/mol. The van der Waals surface area contributed by atoms with Crippen molar-refractivity contribution in [2.24, 2.45) is 52.3 Å². The smallest absolute Gasteiger partial charge is 0.305 e. The molecular weight excluding hydrogens is 725 g/mol. The lowest BCUT2D eigenvalue weighted by Gasteiger charge is -2.58. The molecular formula is C51H90O7. The van der Waals surface area contributed by atoms with Crippen LogP contribution in [0.2, 0.25) is 0 Å². The number of ether oxygens (including phenoxy) is 3. The summed E-state index contributed by atoms with van der Waals surface area (Å²) in [5.74, 6) is 5.24. The van der Waals surface area contributed by atoms with Crippen molar-refractivity contribution in [2.45, 2.75) is 246 Å². The molecule has 336 valence electrons. The van der Waals surface area contributed by atoms with Crippen LogP contribution in [0, 0.1) is 52.3 Å².